The third-order valence-electron chi connectivity index (χ3n) is 2.64. The van der Waals surface area contributed by atoms with Crippen LogP contribution in [-0.2, 0) is 16.0 Å². The van der Waals surface area contributed by atoms with Crippen LogP contribution in [0.5, 0.6) is 0 Å². The third kappa shape index (κ3) is 4.03. The first-order valence-electron chi connectivity index (χ1n) is 5.77. The second-order valence-corrected chi connectivity index (χ2v) is 4.10. The molecule has 1 aromatic rings. The van der Waals surface area contributed by atoms with Crippen LogP contribution in [0.3, 0.4) is 0 Å². The molecule has 1 aromatic carbocycles. The van der Waals surface area contributed by atoms with Gasteiger partial charge in [0.05, 0.1) is 12.7 Å². The quantitative estimate of drug-likeness (QED) is 0.737. The zero-order valence-corrected chi connectivity index (χ0v) is 9.32. The van der Waals surface area contributed by atoms with Crippen LogP contribution in [0.15, 0.2) is 30.3 Å². The smallest absolute Gasteiger partial charge is 0.220 e. The minimum absolute atomic E-state index is 0.131. The molecule has 0 aliphatic carbocycles. The lowest BCUT2D eigenvalue weighted by Gasteiger charge is -2.03. The first kappa shape index (κ1) is 11.1. The van der Waals surface area contributed by atoms with Crippen molar-refractivity contribution in [3.63, 3.8) is 0 Å². The molecule has 1 atom stereocenters. The topological polar surface area (TPSA) is 41.6 Å². The van der Waals surface area contributed by atoms with Crippen molar-refractivity contribution in [2.45, 2.75) is 25.4 Å². The number of epoxide rings is 1. The van der Waals surface area contributed by atoms with E-state index in [1.54, 1.807) is 0 Å². The monoisotopic (exact) mass is 219 g/mol. The average Bonchev–Trinajstić information content (AvgIpc) is 3.12. The highest BCUT2D eigenvalue weighted by Crippen LogP contribution is 2.07. The van der Waals surface area contributed by atoms with Gasteiger partial charge in [0.25, 0.3) is 0 Å². The van der Waals surface area contributed by atoms with E-state index in [1.807, 2.05) is 18.2 Å². The number of amides is 1. The van der Waals surface area contributed by atoms with E-state index in [4.69, 9.17) is 4.74 Å². The first-order chi connectivity index (χ1) is 7.84. The van der Waals surface area contributed by atoms with E-state index in [0.29, 0.717) is 13.0 Å². The van der Waals surface area contributed by atoms with Gasteiger partial charge in [-0.2, -0.15) is 0 Å². The van der Waals surface area contributed by atoms with E-state index in [0.717, 1.165) is 19.4 Å². The zero-order valence-electron chi connectivity index (χ0n) is 9.32. The number of ether oxygens (including phenoxy) is 1. The van der Waals surface area contributed by atoms with Crippen molar-refractivity contribution in [3.8, 4) is 0 Å². The summed E-state index contributed by atoms with van der Waals surface area (Å²) in [6.07, 6.45) is 2.75. The molecule has 1 unspecified atom stereocenters. The summed E-state index contributed by atoms with van der Waals surface area (Å²) in [6, 6.07) is 10.2. The fraction of sp³-hybridized carbons (Fsp3) is 0.462. The summed E-state index contributed by atoms with van der Waals surface area (Å²) in [5, 5.41) is 2.87. The molecular weight excluding hydrogens is 202 g/mol. The van der Waals surface area contributed by atoms with Crippen molar-refractivity contribution in [2.24, 2.45) is 0 Å². The molecule has 0 bridgehead atoms. The number of benzene rings is 1. The van der Waals surface area contributed by atoms with E-state index < -0.39 is 0 Å². The number of aryl methyl sites for hydroxylation is 1. The molecule has 1 aliphatic heterocycles. The van der Waals surface area contributed by atoms with E-state index in [1.165, 1.54) is 5.56 Å². The summed E-state index contributed by atoms with van der Waals surface area (Å²) < 4.78 is 5.02. The van der Waals surface area contributed by atoms with Gasteiger partial charge in [0.2, 0.25) is 5.91 Å². The molecule has 1 fully saturated rings. The van der Waals surface area contributed by atoms with Gasteiger partial charge in [0, 0.05) is 13.0 Å². The largest absolute Gasteiger partial charge is 0.371 e. The maximum atomic E-state index is 11.4. The van der Waals surface area contributed by atoms with Gasteiger partial charge < -0.3 is 10.1 Å². The molecule has 86 valence electrons. The van der Waals surface area contributed by atoms with Crippen LogP contribution in [0.1, 0.15) is 18.4 Å². The second-order valence-electron chi connectivity index (χ2n) is 4.10. The molecule has 1 aliphatic rings. The van der Waals surface area contributed by atoms with E-state index >= 15 is 0 Å². The summed E-state index contributed by atoms with van der Waals surface area (Å²) in [5.41, 5.74) is 1.29. The lowest BCUT2D eigenvalue weighted by molar-refractivity contribution is -0.121. The molecule has 2 rings (SSSR count). The van der Waals surface area contributed by atoms with Gasteiger partial charge >= 0.3 is 0 Å². The molecule has 16 heavy (non-hydrogen) atoms. The Balaban J connectivity index is 1.58. The average molecular weight is 219 g/mol. The van der Waals surface area contributed by atoms with Gasteiger partial charge in [-0.05, 0) is 18.4 Å². The van der Waals surface area contributed by atoms with Crippen LogP contribution in [0.2, 0.25) is 0 Å². The summed E-state index contributed by atoms with van der Waals surface area (Å²) in [7, 11) is 0. The predicted molar refractivity (Wildman–Crippen MR) is 62.1 cm³/mol. The summed E-state index contributed by atoms with van der Waals surface area (Å²) in [6.45, 7) is 1.47. The van der Waals surface area contributed by atoms with E-state index in [-0.39, 0.29) is 12.0 Å². The molecule has 0 aromatic heterocycles. The van der Waals surface area contributed by atoms with Crippen LogP contribution >= 0.6 is 0 Å². The molecule has 3 nitrogen and oxygen atoms in total. The van der Waals surface area contributed by atoms with Crippen LogP contribution in [0.25, 0.3) is 0 Å². The molecule has 0 radical (unpaired) electrons. The summed E-state index contributed by atoms with van der Waals surface area (Å²) in [4.78, 5) is 11.4. The molecule has 1 saturated heterocycles. The number of nitrogens with one attached hydrogen (secondary N) is 1. The molecular formula is C13H17NO2. The maximum absolute atomic E-state index is 11.4. The Bertz CT molecular complexity index is 333. The number of hydrogen-bond acceptors (Lipinski definition) is 2. The first-order valence-corrected chi connectivity index (χ1v) is 5.77. The zero-order chi connectivity index (χ0) is 11.2. The number of hydrogen-bond donors (Lipinski definition) is 1. The van der Waals surface area contributed by atoms with Crippen molar-refractivity contribution in [2.75, 3.05) is 13.2 Å². The Labute approximate surface area is 95.8 Å². The molecule has 1 N–H and O–H groups in total. The van der Waals surface area contributed by atoms with Crippen molar-refractivity contribution >= 4 is 5.91 Å². The van der Waals surface area contributed by atoms with E-state index in [2.05, 4.69) is 17.4 Å². The Kier molecular flexibility index (Phi) is 3.94. The summed E-state index contributed by atoms with van der Waals surface area (Å²) >= 11 is 0. The molecule has 0 spiro atoms. The van der Waals surface area contributed by atoms with Crippen molar-refractivity contribution < 1.29 is 9.53 Å². The normalized spacial score (nSPS) is 18.1. The highest BCUT2D eigenvalue weighted by molar-refractivity contribution is 5.75. The van der Waals surface area contributed by atoms with Gasteiger partial charge in [-0.25, -0.2) is 0 Å². The number of rotatable bonds is 6. The number of carbonyl (C=O) groups is 1. The van der Waals surface area contributed by atoms with Gasteiger partial charge in [-0.1, -0.05) is 30.3 Å². The van der Waals surface area contributed by atoms with Gasteiger partial charge in [0.1, 0.15) is 0 Å². The van der Waals surface area contributed by atoms with Crippen LogP contribution in [0.4, 0.5) is 0 Å². The minimum atomic E-state index is 0.131. The fourth-order valence-corrected chi connectivity index (χ4v) is 1.60. The van der Waals surface area contributed by atoms with Gasteiger partial charge in [-0.3, -0.25) is 4.79 Å². The van der Waals surface area contributed by atoms with Gasteiger partial charge in [-0.15, -0.1) is 0 Å². The lowest BCUT2D eigenvalue weighted by Crippen LogP contribution is -2.27. The molecule has 0 saturated carbocycles. The Morgan fingerprint density at radius 3 is 2.81 bits per heavy atom. The SMILES string of the molecule is O=C(CCCc1ccccc1)NCC1CO1. The Morgan fingerprint density at radius 2 is 2.12 bits per heavy atom. The third-order valence-corrected chi connectivity index (χ3v) is 2.64. The lowest BCUT2D eigenvalue weighted by atomic mass is 10.1. The summed E-state index contributed by atoms with van der Waals surface area (Å²) in [5.74, 6) is 0.131. The maximum Gasteiger partial charge on any atom is 0.220 e. The van der Waals surface area contributed by atoms with E-state index in [9.17, 15) is 4.79 Å². The van der Waals surface area contributed by atoms with Gasteiger partial charge in [0.15, 0.2) is 0 Å². The molecule has 3 heteroatoms. The highest BCUT2D eigenvalue weighted by atomic mass is 16.6. The van der Waals surface area contributed by atoms with Crippen molar-refractivity contribution in [1.29, 1.82) is 0 Å². The number of carbonyl (C=O) groups excluding carboxylic acids is 1. The predicted octanol–water partition coefficient (Wildman–Crippen LogP) is 1.52. The minimum Gasteiger partial charge on any atom is -0.371 e. The Morgan fingerprint density at radius 1 is 1.38 bits per heavy atom. The van der Waals surface area contributed by atoms with Crippen molar-refractivity contribution in [3.05, 3.63) is 35.9 Å². The molecule has 1 heterocycles. The standard InChI is InChI=1S/C13H17NO2/c15-13(14-9-12-10-16-12)8-4-7-11-5-2-1-3-6-11/h1-3,5-6,12H,4,7-10H2,(H,14,15). The fourth-order valence-electron chi connectivity index (χ4n) is 1.60. The second kappa shape index (κ2) is 5.66. The van der Waals surface area contributed by atoms with Crippen LogP contribution in [-0.4, -0.2) is 25.2 Å². The molecule has 1 amide bonds. The van der Waals surface area contributed by atoms with Crippen LogP contribution < -0.4 is 5.32 Å². The highest BCUT2D eigenvalue weighted by Gasteiger charge is 2.22. The van der Waals surface area contributed by atoms with Crippen LogP contribution in [0, 0.1) is 0 Å². The van der Waals surface area contributed by atoms with Crippen molar-refractivity contribution in [1.82, 2.24) is 5.32 Å². The Hall–Kier alpha value is -1.35.